The Morgan fingerprint density at radius 2 is 2.24 bits per heavy atom. The van der Waals surface area contributed by atoms with Crippen molar-refractivity contribution in [3.63, 3.8) is 0 Å². The number of nitrogens with zero attached hydrogens (tertiary/aromatic N) is 1. The first-order valence-corrected chi connectivity index (χ1v) is 7.13. The van der Waals surface area contributed by atoms with E-state index in [1.54, 1.807) is 0 Å². The zero-order chi connectivity index (χ0) is 12.3. The third-order valence-corrected chi connectivity index (χ3v) is 4.03. The van der Waals surface area contributed by atoms with Crippen LogP contribution in [0.25, 0.3) is 0 Å². The van der Waals surface area contributed by atoms with E-state index in [4.69, 9.17) is 0 Å². The molecule has 1 aliphatic rings. The zero-order valence-corrected chi connectivity index (χ0v) is 12.2. The van der Waals surface area contributed by atoms with Crippen molar-refractivity contribution >= 4 is 15.9 Å². The van der Waals surface area contributed by atoms with Crippen LogP contribution in [0.4, 0.5) is 0 Å². The van der Waals surface area contributed by atoms with Crippen molar-refractivity contribution in [1.82, 2.24) is 10.2 Å². The molecule has 0 radical (unpaired) electrons. The number of benzene rings is 1. The Hall–Kier alpha value is -0.380. The van der Waals surface area contributed by atoms with Crippen LogP contribution in [0, 0.1) is 0 Å². The number of hydrogen-bond donors (Lipinski definition) is 1. The molecule has 1 atom stereocenters. The van der Waals surface area contributed by atoms with Crippen molar-refractivity contribution in [3.05, 3.63) is 34.3 Å². The van der Waals surface area contributed by atoms with Crippen LogP contribution < -0.4 is 5.32 Å². The molecule has 17 heavy (non-hydrogen) atoms. The summed E-state index contributed by atoms with van der Waals surface area (Å²) in [6, 6.07) is 9.89. The van der Waals surface area contributed by atoms with Gasteiger partial charge in [0.05, 0.1) is 0 Å². The normalized spacial score (nSPS) is 17.4. The van der Waals surface area contributed by atoms with E-state index in [0.717, 1.165) is 10.5 Å². The molecular formula is C14H21BrN2. The lowest BCUT2D eigenvalue weighted by Crippen LogP contribution is -2.26. The maximum atomic E-state index is 3.53. The van der Waals surface area contributed by atoms with Crippen LogP contribution in [-0.2, 0) is 0 Å². The molecule has 1 aromatic carbocycles. The average Bonchev–Trinajstić information content (AvgIpc) is 3.13. The molecule has 1 aliphatic carbocycles. The van der Waals surface area contributed by atoms with Gasteiger partial charge < -0.3 is 10.2 Å². The molecule has 94 valence electrons. The summed E-state index contributed by atoms with van der Waals surface area (Å²) in [7, 11) is 4.29. The van der Waals surface area contributed by atoms with Gasteiger partial charge in [0.1, 0.15) is 0 Å². The van der Waals surface area contributed by atoms with Gasteiger partial charge in [-0.1, -0.05) is 28.1 Å². The highest BCUT2D eigenvalue weighted by atomic mass is 79.9. The maximum Gasteiger partial charge on any atom is 0.0330 e. The number of rotatable bonds is 6. The van der Waals surface area contributed by atoms with Crippen molar-refractivity contribution in [2.75, 3.05) is 20.6 Å². The lowest BCUT2D eigenvalue weighted by atomic mass is 10.0. The van der Waals surface area contributed by atoms with E-state index in [1.807, 2.05) is 7.05 Å². The van der Waals surface area contributed by atoms with Gasteiger partial charge in [-0.2, -0.15) is 0 Å². The predicted octanol–water partition coefficient (Wildman–Crippen LogP) is 3.19. The quantitative estimate of drug-likeness (QED) is 0.867. The Morgan fingerprint density at radius 3 is 2.82 bits per heavy atom. The minimum Gasteiger partial charge on any atom is -0.313 e. The molecule has 0 saturated heterocycles. The SMILES string of the molecule is CNC(CCN(C)C1CC1)c1cccc(Br)c1. The summed E-state index contributed by atoms with van der Waals surface area (Å²) in [5, 5.41) is 3.41. The molecule has 0 heterocycles. The molecule has 0 amide bonds. The molecule has 1 saturated carbocycles. The van der Waals surface area contributed by atoms with E-state index in [0.29, 0.717) is 6.04 Å². The number of nitrogens with one attached hydrogen (secondary N) is 1. The molecule has 0 spiro atoms. The lowest BCUT2D eigenvalue weighted by molar-refractivity contribution is 0.302. The van der Waals surface area contributed by atoms with Gasteiger partial charge in [0.15, 0.2) is 0 Å². The first kappa shape index (κ1) is 13.1. The second-order valence-electron chi connectivity index (χ2n) is 4.90. The Balaban J connectivity index is 1.91. The van der Waals surface area contributed by atoms with E-state index < -0.39 is 0 Å². The molecule has 1 aromatic rings. The highest BCUT2D eigenvalue weighted by molar-refractivity contribution is 9.10. The third-order valence-electron chi connectivity index (χ3n) is 3.54. The van der Waals surface area contributed by atoms with Crippen molar-refractivity contribution in [3.8, 4) is 0 Å². The number of hydrogen-bond acceptors (Lipinski definition) is 2. The van der Waals surface area contributed by atoms with Crippen LogP contribution >= 0.6 is 15.9 Å². The van der Waals surface area contributed by atoms with Gasteiger partial charge in [-0.3, -0.25) is 0 Å². The fourth-order valence-electron chi connectivity index (χ4n) is 2.23. The third kappa shape index (κ3) is 3.80. The molecule has 1 unspecified atom stereocenters. The molecule has 1 N–H and O–H groups in total. The van der Waals surface area contributed by atoms with Crippen LogP contribution in [0.1, 0.15) is 30.9 Å². The molecule has 3 heteroatoms. The second kappa shape index (κ2) is 5.98. The van der Waals surface area contributed by atoms with Crippen LogP contribution in [-0.4, -0.2) is 31.6 Å². The summed E-state index contributed by atoms with van der Waals surface area (Å²) in [6.07, 6.45) is 3.94. The van der Waals surface area contributed by atoms with Gasteiger partial charge in [0, 0.05) is 16.6 Å². The predicted molar refractivity (Wildman–Crippen MR) is 76.2 cm³/mol. The summed E-state index contributed by atoms with van der Waals surface area (Å²) < 4.78 is 1.16. The van der Waals surface area contributed by atoms with Gasteiger partial charge in [-0.15, -0.1) is 0 Å². The molecule has 0 aliphatic heterocycles. The summed E-state index contributed by atoms with van der Waals surface area (Å²) in [6.45, 7) is 1.17. The van der Waals surface area contributed by atoms with Crippen LogP contribution in [0.15, 0.2) is 28.7 Å². The highest BCUT2D eigenvalue weighted by Crippen LogP contribution is 2.27. The van der Waals surface area contributed by atoms with Gasteiger partial charge in [-0.25, -0.2) is 0 Å². The fraction of sp³-hybridized carbons (Fsp3) is 0.571. The molecule has 2 nitrogen and oxygen atoms in total. The van der Waals surface area contributed by atoms with Crippen molar-refractivity contribution in [2.45, 2.75) is 31.3 Å². The minimum absolute atomic E-state index is 0.452. The molecule has 0 bridgehead atoms. The van der Waals surface area contributed by atoms with Gasteiger partial charge in [0.2, 0.25) is 0 Å². The summed E-state index contributed by atoms with van der Waals surface area (Å²) >= 11 is 3.53. The van der Waals surface area contributed by atoms with Crippen LogP contribution in [0.5, 0.6) is 0 Å². The lowest BCUT2D eigenvalue weighted by Gasteiger charge is -2.21. The molecule has 1 fully saturated rings. The topological polar surface area (TPSA) is 15.3 Å². The Morgan fingerprint density at radius 1 is 1.47 bits per heavy atom. The minimum atomic E-state index is 0.452. The first-order valence-electron chi connectivity index (χ1n) is 6.33. The van der Waals surface area contributed by atoms with Gasteiger partial charge in [0.25, 0.3) is 0 Å². The number of halogens is 1. The second-order valence-corrected chi connectivity index (χ2v) is 5.81. The maximum absolute atomic E-state index is 3.53. The summed E-state index contributed by atoms with van der Waals surface area (Å²) in [5.41, 5.74) is 1.37. The van der Waals surface area contributed by atoms with Crippen LogP contribution in [0.2, 0.25) is 0 Å². The van der Waals surface area contributed by atoms with E-state index in [1.165, 1.54) is 31.4 Å². The molecule has 0 aromatic heterocycles. The smallest absolute Gasteiger partial charge is 0.0330 e. The monoisotopic (exact) mass is 296 g/mol. The van der Waals surface area contributed by atoms with E-state index in [9.17, 15) is 0 Å². The first-order chi connectivity index (χ1) is 8.20. The standard InChI is InChI=1S/C14H21BrN2/c1-16-14(8-9-17(2)13-6-7-13)11-4-3-5-12(15)10-11/h3-5,10,13-14,16H,6-9H2,1-2H3. The summed E-state index contributed by atoms with van der Waals surface area (Å²) in [4.78, 5) is 2.49. The van der Waals surface area contributed by atoms with E-state index >= 15 is 0 Å². The summed E-state index contributed by atoms with van der Waals surface area (Å²) in [5.74, 6) is 0. The van der Waals surface area contributed by atoms with Crippen LogP contribution in [0.3, 0.4) is 0 Å². The Labute approximate surface area is 113 Å². The fourth-order valence-corrected chi connectivity index (χ4v) is 2.65. The van der Waals surface area contributed by atoms with Gasteiger partial charge >= 0.3 is 0 Å². The van der Waals surface area contributed by atoms with E-state index in [2.05, 4.69) is 57.5 Å². The largest absolute Gasteiger partial charge is 0.313 e. The van der Waals surface area contributed by atoms with Gasteiger partial charge in [-0.05, 0) is 57.6 Å². The van der Waals surface area contributed by atoms with Crippen molar-refractivity contribution in [2.24, 2.45) is 0 Å². The Kier molecular flexibility index (Phi) is 4.60. The highest BCUT2D eigenvalue weighted by Gasteiger charge is 2.26. The molecular weight excluding hydrogens is 276 g/mol. The zero-order valence-electron chi connectivity index (χ0n) is 10.6. The molecule has 2 rings (SSSR count). The van der Waals surface area contributed by atoms with Crippen molar-refractivity contribution in [1.29, 1.82) is 0 Å². The van der Waals surface area contributed by atoms with Crippen molar-refractivity contribution < 1.29 is 0 Å². The average molecular weight is 297 g/mol. The van der Waals surface area contributed by atoms with E-state index in [-0.39, 0.29) is 0 Å². The Bertz CT molecular complexity index is 363.